The van der Waals surface area contributed by atoms with Gasteiger partial charge in [0.1, 0.15) is 5.82 Å². The Hall–Kier alpha value is -1.37. The molecule has 0 aliphatic carbocycles. The molecule has 1 aromatic carbocycles. The maximum atomic E-state index is 13.3. The summed E-state index contributed by atoms with van der Waals surface area (Å²) in [6, 6.07) is 7.82. The van der Waals surface area contributed by atoms with Gasteiger partial charge in [-0.2, -0.15) is 0 Å². The maximum absolute atomic E-state index is 13.3. The van der Waals surface area contributed by atoms with Crippen LogP contribution in [-0.4, -0.2) is 22.2 Å². The summed E-state index contributed by atoms with van der Waals surface area (Å²) in [6.45, 7) is 0. The quantitative estimate of drug-likeness (QED) is 0.642. The van der Waals surface area contributed by atoms with E-state index in [9.17, 15) is 4.39 Å². The molecule has 2 rings (SSSR count). The van der Waals surface area contributed by atoms with Crippen LogP contribution in [0.2, 0.25) is 0 Å². The number of nitrogens with zero attached hydrogens (tertiary/aromatic N) is 1. The van der Waals surface area contributed by atoms with Crippen molar-refractivity contribution in [3.8, 4) is 0 Å². The van der Waals surface area contributed by atoms with Crippen LogP contribution in [0.5, 0.6) is 0 Å². The van der Waals surface area contributed by atoms with Crippen LogP contribution in [0.15, 0.2) is 47.6 Å². The van der Waals surface area contributed by atoms with Crippen LogP contribution in [0.3, 0.4) is 0 Å². The third-order valence-corrected chi connectivity index (χ3v) is 3.42. The molecule has 0 saturated heterocycles. The molecule has 0 radical (unpaired) electrons. The first-order chi connectivity index (χ1) is 8.65. The SMILES string of the molecule is OB(O)c1cc(F)cc(CSc2ccncc2)c1. The summed E-state index contributed by atoms with van der Waals surface area (Å²) >= 11 is 1.53. The van der Waals surface area contributed by atoms with Crippen molar-refractivity contribution in [3.05, 3.63) is 54.1 Å². The van der Waals surface area contributed by atoms with E-state index in [2.05, 4.69) is 4.98 Å². The summed E-state index contributed by atoms with van der Waals surface area (Å²) < 4.78 is 13.3. The Morgan fingerprint density at radius 2 is 1.89 bits per heavy atom. The van der Waals surface area contributed by atoms with Gasteiger partial charge in [-0.25, -0.2) is 4.39 Å². The minimum atomic E-state index is -1.65. The lowest BCUT2D eigenvalue weighted by molar-refractivity contribution is 0.425. The second-order valence-electron chi connectivity index (χ2n) is 3.74. The smallest absolute Gasteiger partial charge is 0.423 e. The Morgan fingerprint density at radius 1 is 1.17 bits per heavy atom. The molecule has 18 heavy (non-hydrogen) atoms. The van der Waals surface area contributed by atoms with E-state index in [0.29, 0.717) is 11.3 Å². The van der Waals surface area contributed by atoms with Crippen LogP contribution in [0, 0.1) is 5.82 Å². The summed E-state index contributed by atoms with van der Waals surface area (Å²) in [5, 5.41) is 18.1. The number of hydrogen-bond donors (Lipinski definition) is 2. The Kier molecular flexibility index (Phi) is 4.35. The number of rotatable bonds is 4. The molecule has 0 spiro atoms. The molecule has 2 N–H and O–H groups in total. The Balaban J connectivity index is 2.10. The Morgan fingerprint density at radius 3 is 2.56 bits per heavy atom. The van der Waals surface area contributed by atoms with Crippen molar-refractivity contribution in [3.63, 3.8) is 0 Å². The number of pyridine rings is 1. The van der Waals surface area contributed by atoms with Gasteiger partial charge >= 0.3 is 7.12 Å². The summed E-state index contributed by atoms with van der Waals surface area (Å²) in [7, 11) is -1.65. The van der Waals surface area contributed by atoms with Gasteiger partial charge in [-0.1, -0.05) is 6.07 Å². The third-order valence-electron chi connectivity index (χ3n) is 2.33. The monoisotopic (exact) mass is 263 g/mol. The van der Waals surface area contributed by atoms with Crippen molar-refractivity contribution >= 4 is 24.3 Å². The molecule has 0 fully saturated rings. The molecule has 0 aliphatic heterocycles. The second-order valence-corrected chi connectivity index (χ2v) is 4.79. The fourth-order valence-electron chi connectivity index (χ4n) is 1.51. The van der Waals surface area contributed by atoms with Crippen molar-refractivity contribution in [1.82, 2.24) is 4.98 Å². The van der Waals surface area contributed by atoms with Gasteiger partial charge < -0.3 is 10.0 Å². The van der Waals surface area contributed by atoms with Crippen molar-refractivity contribution in [1.29, 1.82) is 0 Å². The maximum Gasteiger partial charge on any atom is 0.488 e. The highest BCUT2D eigenvalue weighted by molar-refractivity contribution is 7.98. The number of benzene rings is 1. The molecule has 0 atom stereocenters. The minimum absolute atomic E-state index is 0.167. The normalized spacial score (nSPS) is 10.4. The zero-order chi connectivity index (χ0) is 13.0. The van der Waals surface area contributed by atoms with Crippen molar-refractivity contribution in [2.24, 2.45) is 0 Å². The van der Waals surface area contributed by atoms with E-state index in [1.54, 1.807) is 18.5 Å². The lowest BCUT2D eigenvalue weighted by Gasteiger charge is -2.05. The van der Waals surface area contributed by atoms with Gasteiger partial charge in [-0.05, 0) is 35.3 Å². The molecular formula is C12H11BFNO2S. The molecule has 92 valence electrons. The first-order valence-corrected chi connectivity index (χ1v) is 6.32. The van der Waals surface area contributed by atoms with Crippen LogP contribution >= 0.6 is 11.8 Å². The molecule has 0 amide bonds. The van der Waals surface area contributed by atoms with Crippen LogP contribution in [-0.2, 0) is 5.75 Å². The number of aromatic nitrogens is 1. The van der Waals surface area contributed by atoms with Gasteiger partial charge in [0.15, 0.2) is 0 Å². The van der Waals surface area contributed by atoms with Gasteiger partial charge in [0, 0.05) is 23.0 Å². The van der Waals surface area contributed by atoms with Crippen LogP contribution in [0.25, 0.3) is 0 Å². The van der Waals surface area contributed by atoms with E-state index in [-0.39, 0.29) is 5.46 Å². The standard InChI is InChI=1S/C12H11BFNO2S/c14-11-6-9(5-10(7-11)13(16)17)8-18-12-1-3-15-4-2-12/h1-7,16-17H,8H2. The number of thioether (sulfide) groups is 1. The average Bonchev–Trinajstić information content (AvgIpc) is 2.37. The molecule has 3 nitrogen and oxygen atoms in total. The molecule has 0 unspecified atom stereocenters. The Labute approximate surface area is 109 Å². The van der Waals surface area contributed by atoms with Crippen LogP contribution in [0.4, 0.5) is 4.39 Å². The molecular weight excluding hydrogens is 252 g/mol. The molecule has 1 heterocycles. The first-order valence-electron chi connectivity index (χ1n) is 5.33. The zero-order valence-electron chi connectivity index (χ0n) is 9.45. The lowest BCUT2D eigenvalue weighted by Crippen LogP contribution is -2.30. The first kappa shape index (κ1) is 13.1. The zero-order valence-corrected chi connectivity index (χ0v) is 10.3. The minimum Gasteiger partial charge on any atom is -0.423 e. The van der Waals surface area contributed by atoms with E-state index in [0.717, 1.165) is 11.0 Å². The predicted molar refractivity (Wildman–Crippen MR) is 70.0 cm³/mol. The topological polar surface area (TPSA) is 53.4 Å². The molecule has 0 aliphatic rings. The number of hydrogen-bond acceptors (Lipinski definition) is 4. The summed E-state index contributed by atoms with van der Waals surface area (Å²) in [6.07, 6.45) is 3.38. The van der Waals surface area contributed by atoms with E-state index >= 15 is 0 Å². The fraction of sp³-hybridized carbons (Fsp3) is 0.0833. The van der Waals surface area contributed by atoms with Gasteiger partial charge in [0.2, 0.25) is 0 Å². The third kappa shape index (κ3) is 3.56. The highest BCUT2D eigenvalue weighted by atomic mass is 32.2. The van der Waals surface area contributed by atoms with Crippen molar-refractivity contribution in [2.75, 3.05) is 0 Å². The van der Waals surface area contributed by atoms with E-state index < -0.39 is 12.9 Å². The van der Waals surface area contributed by atoms with E-state index in [1.165, 1.54) is 17.8 Å². The van der Waals surface area contributed by atoms with Gasteiger partial charge in [0.05, 0.1) is 0 Å². The molecule has 0 bridgehead atoms. The molecule has 0 saturated carbocycles. The highest BCUT2D eigenvalue weighted by Crippen LogP contribution is 2.21. The largest absolute Gasteiger partial charge is 0.488 e. The fourth-order valence-corrected chi connectivity index (χ4v) is 2.32. The predicted octanol–water partition coefficient (Wildman–Crippen LogP) is 1.19. The summed E-state index contributed by atoms with van der Waals surface area (Å²) in [4.78, 5) is 4.94. The van der Waals surface area contributed by atoms with Gasteiger partial charge in [-0.15, -0.1) is 11.8 Å². The van der Waals surface area contributed by atoms with Gasteiger partial charge in [0.25, 0.3) is 0 Å². The van der Waals surface area contributed by atoms with Crippen molar-refractivity contribution < 1.29 is 14.4 Å². The highest BCUT2D eigenvalue weighted by Gasteiger charge is 2.13. The number of halogens is 1. The van der Waals surface area contributed by atoms with Crippen molar-refractivity contribution in [2.45, 2.75) is 10.6 Å². The van der Waals surface area contributed by atoms with Gasteiger partial charge in [-0.3, -0.25) is 4.98 Å². The lowest BCUT2D eigenvalue weighted by atomic mass is 9.79. The van der Waals surface area contributed by atoms with Crippen LogP contribution in [0.1, 0.15) is 5.56 Å². The second kappa shape index (κ2) is 5.99. The van der Waals surface area contributed by atoms with E-state index in [1.807, 2.05) is 12.1 Å². The average molecular weight is 263 g/mol. The van der Waals surface area contributed by atoms with E-state index in [4.69, 9.17) is 10.0 Å². The van der Waals surface area contributed by atoms with Crippen LogP contribution < -0.4 is 5.46 Å². The summed E-state index contributed by atoms with van der Waals surface area (Å²) in [5.74, 6) is 0.0903. The molecule has 1 aromatic heterocycles. The molecule has 6 heteroatoms. The molecule has 2 aromatic rings. The summed E-state index contributed by atoms with van der Waals surface area (Å²) in [5.41, 5.74) is 0.875. The Bertz CT molecular complexity index is 525.